The highest BCUT2D eigenvalue weighted by Gasteiger charge is 2.07. The van der Waals surface area contributed by atoms with Crippen LogP contribution in [0.1, 0.15) is 13.8 Å². The summed E-state index contributed by atoms with van der Waals surface area (Å²) in [6, 6.07) is 3.73. The van der Waals surface area contributed by atoms with Crippen LogP contribution in [0.5, 0.6) is 0 Å². The number of rotatable bonds is 3. The van der Waals surface area contributed by atoms with E-state index >= 15 is 0 Å². The lowest BCUT2D eigenvalue weighted by Gasteiger charge is -2.04. The van der Waals surface area contributed by atoms with E-state index in [0.717, 1.165) is 6.07 Å². The number of carbonyl (C=O) groups is 1. The van der Waals surface area contributed by atoms with E-state index < -0.39 is 11.9 Å². The first-order valence-electron chi connectivity index (χ1n) is 5.06. The summed E-state index contributed by atoms with van der Waals surface area (Å²) in [5.41, 5.74) is 0.294. The fraction of sp³-hybridized carbons (Fsp3) is 0.273. The minimum absolute atomic E-state index is 0.0419. The second-order valence-electron chi connectivity index (χ2n) is 3.70. The molecule has 0 unspecified atom stereocenters. The van der Waals surface area contributed by atoms with Crippen LogP contribution >= 0.6 is 23.2 Å². The van der Waals surface area contributed by atoms with Crippen molar-refractivity contribution in [1.29, 1.82) is 0 Å². The topological polar surface area (TPSA) is 50.7 Å². The van der Waals surface area contributed by atoms with E-state index in [2.05, 4.69) is 15.3 Å². The summed E-state index contributed by atoms with van der Waals surface area (Å²) in [5.74, 6) is -0.615. The molecule has 0 aliphatic heterocycles. The monoisotopic (exact) mass is 292 g/mol. The van der Waals surface area contributed by atoms with E-state index in [1.807, 2.05) is 0 Å². The Morgan fingerprint density at radius 1 is 1.50 bits per heavy atom. The van der Waals surface area contributed by atoms with Gasteiger partial charge >= 0.3 is 6.09 Å². The van der Waals surface area contributed by atoms with Gasteiger partial charge in [0.1, 0.15) is 11.0 Å². The lowest BCUT2D eigenvalue weighted by atomic mass is 10.2. The Balaban J connectivity index is 2.60. The van der Waals surface area contributed by atoms with Crippen LogP contribution in [0.3, 0.4) is 0 Å². The Bertz CT molecular complexity index is 478. The summed E-state index contributed by atoms with van der Waals surface area (Å²) in [6.45, 7) is 3.60. The number of halogens is 3. The van der Waals surface area contributed by atoms with Crippen LogP contribution in [0.4, 0.5) is 14.9 Å². The molecule has 0 radical (unpaired) electrons. The molecule has 0 saturated heterocycles. The molecule has 98 valence electrons. The van der Waals surface area contributed by atoms with Gasteiger partial charge in [-0.3, -0.25) is 10.2 Å². The number of oxime groups is 1. The molecule has 1 aromatic carbocycles. The van der Waals surface area contributed by atoms with Gasteiger partial charge in [-0.1, -0.05) is 42.2 Å². The minimum Gasteiger partial charge on any atom is -0.297 e. The van der Waals surface area contributed by atoms with Crippen molar-refractivity contribution in [2.24, 2.45) is 11.1 Å². The number of nitrogens with one attached hydrogen (secondary N) is 1. The van der Waals surface area contributed by atoms with Crippen molar-refractivity contribution < 1.29 is 14.0 Å². The first-order valence-corrected chi connectivity index (χ1v) is 5.82. The van der Waals surface area contributed by atoms with Gasteiger partial charge in [0.2, 0.25) is 0 Å². The van der Waals surface area contributed by atoms with Crippen LogP contribution in [-0.4, -0.2) is 11.3 Å². The zero-order chi connectivity index (χ0) is 13.7. The fourth-order valence-electron chi connectivity index (χ4n) is 0.905. The first-order chi connectivity index (χ1) is 8.40. The summed E-state index contributed by atoms with van der Waals surface area (Å²) in [6.07, 6.45) is -0.837. The molecule has 0 aliphatic rings. The number of hydrogen-bond donors (Lipinski definition) is 1. The van der Waals surface area contributed by atoms with Crippen LogP contribution in [0.15, 0.2) is 23.4 Å². The molecule has 4 nitrogen and oxygen atoms in total. The van der Waals surface area contributed by atoms with Crippen molar-refractivity contribution in [2.75, 3.05) is 5.32 Å². The van der Waals surface area contributed by atoms with Gasteiger partial charge in [0, 0.05) is 11.6 Å². The van der Waals surface area contributed by atoms with Gasteiger partial charge in [0.15, 0.2) is 0 Å². The third kappa shape index (κ3) is 4.50. The zero-order valence-corrected chi connectivity index (χ0v) is 11.2. The molecule has 0 fully saturated rings. The van der Waals surface area contributed by atoms with E-state index in [-0.39, 0.29) is 16.1 Å². The molecule has 0 heterocycles. The minimum atomic E-state index is -0.837. The van der Waals surface area contributed by atoms with Crippen LogP contribution in [-0.2, 0) is 4.84 Å². The van der Waals surface area contributed by atoms with E-state index in [0.29, 0.717) is 5.69 Å². The second-order valence-corrected chi connectivity index (χ2v) is 4.50. The average Bonchev–Trinajstić information content (AvgIpc) is 2.30. The van der Waals surface area contributed by atoms with Gasteiger partial charge < -0.3 is 0 Å². The molecule has 0 saturated carbocycles. The standard InChI is InChI=1S/C11H11Cl2FN2O2/c1-6(2)10(13)16-18-11(17)15-7-3-4-9(14)8(12)5-7/h3-6H,1-2H3,(H,15,17)/b16-10-. The molecule has 0 spiro atoms. The number of benzene rings is 1. The van der Waals surface area contributed by atoms with Gasteiger partial charge in [0.05, 0.1) is 5.02 Å². The predicted molar refractivity (Wildman–Crippen MR) is 69.6 cm³/mol. The molecule has 1 N–H and O–H groups in total. The Kier molecular flexibility index (Phi) is 5.37. The second kappa shape index (κ2) is 6.56. The smallest absolute Gasteiger partial charge is 0.297 e. The summed E-state index contributed by atoms with van der Waals surface area (Å²) in [5, 5.41) is 5.82. The first kappa shape index (κ1) is 14.7. The van der Waals surface area contributed by atoms with E-state index in [9.17, 15) is 9.18 Å². The molecular weight excluding hydrogens is 282 g/mol. The predicted octanol–water partition coefficient (Wildman–Crippen LogP) is 4.24. The van der Waals surface area contributed by atoms with Crippen molar-refractivity contribution in [3.8, 4) is 0 Å². The Morgan fingerprint density at radius 2 is 2.17 bits per heavy atom. The normalized spacial score (nSPS) is 11.6. The summed E-state index contributed by atoms with van der Waals surface area (Å²) < 4.78 is 12.9. The fourth-order valence-corrected chi connectivity index (χ4v) is 1.12. The molecule has 0 aliphatic carbocycles. The molecule has 0 atom stereocenters. The van der Waals surface area contributed by atoms with Crippen molar-refractivity contribution >= 4 is 40.2 Å². The lowest BCUT2D eigenvalue weighted by molar-refractivity contribution is 0.166. The van der Waals surface area contributed by atoms with E-state index in [1.54, 1.807) is 13.8 Å². The highest BCUT2D eigenvalue weighted by molar-refractivity contribution is 6.65. The van der Waals surface area contributed by atoms with Gasteiger partial charge in [-0.2, -0.15) is 0 Å². The van der Waals surface area contributed by atoms with Gasteiger partial charge in [-0.25, -0.2) is 9.18 Å². The maximum absolute atomic E-state index is 12.9. The Hall–Kier alpha value is -1.33. The number of hydrogen-bond acceptors (Lipinski definition) is 3. The maximum atomic E-state index is 12.9. The van der Waals surface area contributed by atoms with Crippen molar-refractivity contribution in [3.05, 3.63) is 29.0 Å². The Morgan fingerprint density at radius 3 is 2.72 bits per heavy atom. The summed E-state index contributed by atoms with van der Waals surface area (Å²) >= 11 is 11.2. The molecule has 7 heteroatoms. The average molecular weight is 293 g/mol. The molecule has 0 aromatic heterocycles. The zero-order valence-electron chi connectivity index (χ0n) is 9.71. The third-order valence-corrected chi connectivity index (χ3v) is 2.65. The van der Waals surface area contributed by atoms with Crippen LogP contribution in [0, 0.1) is 11.7 Å². The number of amides is 1. The number of carbonyl (C=O) groups excluding carboxylic acids is 1. The third-order valence-electron chi connectivity index (χ3n) is 1.86. The molecule has 1 aromatic rings. The quantitative estimate of drug-likeness (QED) is 0.515. The van der Waals surface area contributed by atoms with Crippen LogP contribution < -0.4 is 5.32 Å². The molecular formula is C11H11Cl2FN2O2. The molecule has 0 bridgehead atoms. The number of nitrogens with zero attached hydrogens (tertiary/aromatic N) is 1. The summed E-state index contributed by atoms with van der Waals surface area (Å²) in [4.78, 5) is 15.8. The lowest BCUT2D eigenvalue weighted by Crippen LogP contribution is -2.12. The van der Waals surface area contributed by atoms with E-state index in [4.69, 9.17) is 23.2 Å². The Labute approximate surface area is 114 Å². The van der Waals surface area contributed by atoms with Crippen molar-refractivity contribution in [1.82, 2.24) is 0 Å². The van der Waals surface area contributed by atoms with E-state index in [1.165, 1.54) is 12.1 Å². The molecule has 1 rings (SSSR count). The van der Waals surface area contributed by atoms with Gasteiger partial charge in [-0.15, -0.1) is 0 Å². The van der Waals surface area contributed by atoms with Crippen LogP contribution in [0.25, 0.3) is 0 Å². The largest absolute Gasteiger partial charge is 0.437 e. The van der Waals surface area contributed by atoms with Gasteiger partial charge in [-0.05, 0) is 18.2 Å². The van der Waals surface area contributed by atoms with Crippen molar-refractivity contribution in [3.63, 3.8) is 0 Å². The SMILES string of the molecule is CC(C)/C(Cl)=N/OC(=O)Nc1ccc(F)c(Cl)c1. The highest BCUT2D eigenvalue weighted by atomic mass is 35.5. The molecule has 18 heavy (non-hydrogen) atoms. The van der Waals surface area contributed by atoms with Crippen LogP contribution in [0.2, 0.25) is 5.02 Å². The highest BCUT2D eigenvalue weighted by Crippen LogP contribution is 2.19. The molecule has 1 amide bonds. The maximum Gasteiger partial charge on any atom is 0.437 e. The summed E-state index contributed by atoms with van der Waals surface area (Å²) in [7, 11) is 0. The van der Waals surface area contributed by atoms with Gasteiger partial charge in [0.25, 0.3) is 0 Å². The number of anilines is 1. The van der Waals surface area contributed by atoms with Crippen molar-refractivity contribution in [2.45, 2.75) is 13.8 Å².